The van der Waals surface area contributed by atoms with Gasteiger partial charge < -0.3 is 10.6 Å². The number of aromatic nitrogens is 1. The van der Waals surface area contributed by atoms with Crippen LogP contribution in [0.15, 0.2) is 47.5 Å². The van der Waals surface area contributed by atoms with Crippen LogP contribution in [0.1, 0.15) is 39.3 Å². The van der Waals surface area contributed by atoms with Crippen LogP contribution >= 0.6 is 0 Å². The topological polar surface area (TPSA) is 117 Å². The van der Waals surface area contributed by atoms with Crippen molar-refractivity contribution in [1.29, 1.82) is 0 Å². The van der Waals surface area contributed by atoms with Gasteiger partial charge in [0.15, 0.2) is 0 Å². The summed E-state index contributed by atoms with van der Waals surface area (Å²) in [5, 5.41) is 0. The number of primary amides is 1. The SMILES string of the molecule is NC(=O)c1ccc(C(=O)N2CCN(Cc3ccc(S(=O)(=O)N4CCCC4)cc3)CC2)nc1. The Morgan fingerprint density at radius 1 is 0.906 bits per heavy atom. The first-order valence-electron chi connectivity index (χ1n) is 10.7. The third-order valence-corrected chi connectivity index (χ3v) is 7.87. The van der Waals surface area contributed by atoms with Gasteiger partial charge in [0.1, 0.15) is 5.69 Å². The van der Waals surface area contributed by atoms with Crippen molar-refractivity contribution < 1.29 is 18.0 Å². The standard InChI is InChI=1S/C22H27N5O4S/c23-21(28)18-5-8-20(24-15-18)22(29)26-13-11-25(12-14-26)16-17-3-6-19(7-4-17)32(30,31)27-9-1-2-10-27/h3-8,15H,1-2,9-14,16H2,(H2,23,28). The maximum atomic E-state index is 12.7. The van der Waals surface area contributed by atoms with Gasteiger partial charge in [-0.3, -0.25) is 19.5 Å². The molecule has 3 heterocycles. The monoisotopic (exact) mass is 457 g/mol. The van der Waals surface area contributed by atoms with Crippen LogP contribution in [0.2, 0.25) is 0 Å². The molecule has 1 aromatic heterocycles. The van der Waals surface area contributed by atoms with E-state index in [4.69, 9.17) is 5.73 Å². The average molecular weight is 458 g/mol. The highest BCUT2D eigenvalue weighted by atomic mass is 32.2. The fraction of sp³-hybridized carbons (Fsp3) is 0.409. The van der Waals surface area contributed by atoms with Crippen LogP contribution in [0.3, 0.4) is 0 Å². The summed E-state index contributed by atoms with van der Waals surface area (Å²) in [7, 11) is -3.40. The number of carbonyl (C=O) groups excluding carboxylic acids is 2. The number of sulfonamides is 1. The van der Waals surface area contributed by atoms with Crippen molar-refractivity contribution in [3.8, 4) is 0 Å². The van der Waals surface area contributed by atoms with Gasteiger partial charge in [-0.15, -0.1) is 0 Å². The van der Waals surface area contributed by atoms with E-state index in [2.05, 4.69) is 9.88 Å². The molecule has 4 rings (SSSR count). The van der Waals surface area contributed by atoms with E-state index < -0.39 is 15.9 Å². The van der Waals surface area contributed by atoms with Gasteiger partial charge in [-0.05, 0) is 42.7 Å². The number of hydrogen-bond donors (Lipinski definition) is 1. The molecule has 9 nitrogen and oxygen atoms in total. The van der Waals surface area contributed by atoms with Crippen molar-refractivity contribution in [2.45, 2.75) is 24.3 Å². The molecule has 1 aromatic carbocycles. The van der Waals surface area contributed by atoms with Gasteiger partial charge in [-0.1, -0.05) is 12.1 Å². The number of hydrogen-bond acceptors (Lipinski definition) is 6. The minimum absolute atomic E-state index is 0.169. The molecule has 10 heteroatoms. The summed E-state index contributed by atoms with van der Waals surface area (Å²) in [6, 6.07) is 10.1. The second-order valence-electron chi connectivity index (χ2n) is 8.12. The normalized spacial score (nSPS) is 18.1. The van der Waals surface area contributed by atoms with E-state index in [9.17, 15) is 18.0 Å². The smallest absolute Gasteiger partial charge is 0.272 e. The van der Waals surface area contributed by atoms with Gasteiger partial charge in [-0.2, -0.15) is 4.31 Å². The Balaban J connectivity index is 1.31. The van der Waals surface area contributed by atoms with Gasteiger partial charge in [-0.25, -0.2) is 8.42 Å². The molecule has 2 amide bonds. The van der Waals surface area contributed by atoms with E-state index in [1.807, 2.05) is 12.1 Å². The predicted octanol–water partition coefficient (Wildman–Crippen LogP) is 0.923. The number of carbonyl (C=O) groups is 2. The molecule has 2 aliphatic heterocycles. The second-order valence-corrected chi connectivity index (χ2v) is 10.1. The number of rotatable bonds is 6. The molecular weight excluding hydrogens is 430 g/mol. The highest BCUT2D eigenvalue weighted by Gasteiger charge is 2.27. The van der Waals surface area contributed by atoms with Crippen LogP contribution in [0.4, 0.5) is 0 Å². The molecule has 0 spiro atoms. The first-order chi connectivity index (χ1) is 15.3. The van der Waals surface area contributed by atoms with E-state index in [-0.39, 0.29) is 11.5 Å². The van der Waals surface area contributed by atoms with Crippen molar-refractivity contribution in [2.75, 3.05) is 39.3 Å². The molecule has 2 saturated heterocycles. The number of amides is 2. The Morgan fingerprint density at radius 2 is 1.56 bits per heavy atom. The molecule has 170 valence electrons. The van der Waals surface area contributed by atoms with Crippen molar-refractivity contribution >= 4 is 21.8 Å². The van der Waals surface area contributed by atoms with Gasteiger partial charge in [0.2, 0.25) is 15.9 Å². The molecule has 0 aliphatic carbocycles. The number of nitrogens with zero attached hydrogens (tertiary/aromatic N) is 4. The second kappa shape index (κ2) is 9.35. The molecule has 32 heavy (non-hydrogen) atoms. The van der Waals surface area contributed by atoms with Crippen LogP contribution in [0.25, 0.3) is 0 Å². The lowest BCUT2D eigenvalue weighted by atomic mass is 10.2. The van der Waals surface area contributed by atoms with Crippen LogP contribution in [-0.2, 0) is 16.6 Å². The molecule has 0 radical (unpaired) electrons. The minimum atomic E-state index is -3.40. The minimum Gasteiger partial charge on any atom is -0.366 e. The lowest BCUT2D eigenvalue weighted by Crippen LogP contribution is -2.48. The number of pyridine rings is 1. The summed E-state index contributed by atoms with van der Waals surface area (Å²) in [4.78, 5) is 32.2. The highest BCUT2D eigenvalue weighted by Crippen LogP contribution is 2.21. The number of piperazine rings is 1. The summed E-state index contributed by atoms with van der Waals surface area (Å²) >= 11 is 0. The molecule has 0 bridgehead atoms. The maximum absolute atomic E-state index is 12.7. The van der Waals surface area contributed by atoms with Crippen molar-refractivity contribution in [3.05, 3.63) is 59.4 Å². The highest BCUT2D eigenvalue weighted by molar-refractivity contribution is 7.89. The molecule has 2 aliphatic rings. The zero-order valence-electron chi connectivity index (χ0n) is 17.8. The van der Waals surface area contributed by atoms with E-state index in [1.54, 1.807) is 21.3 Å². The zero-order chi connectivity index (χ0) is 22.7. The van der Waals surface area contributed by atoms with Crippen molar-refractivity contribution in [1.82, 2.24) is 19.1 Å². The number of benzene rings is 1. The average Bonchev–Trinajstić information content (AvgIpc) is 3.36. The van der Waals surface area contributed by atoms with Gasteiger partial charge in [0.25, 0.3) is 5.91 Å². The maximum Gasteiger partial charge on any atom is 0.272 e. The molecule has 2 N–H and O–H groups in total. The Labute approximate surface area is 187 Å². The molecule has 2 fully saturated rings. The molecule has 0 saturated carbocycles. The van der Waals surface area contributed by atoms with Gasteiger partial charge in [0, 0.05) is 52.0 Å². The van der Waals surface area contributed by atoms with Crippen molar-refractivity contribution in [2.24, 2.45) is 5.73 Å². The first kappa shape index (κ1) is 22.4. The Kier molecular flexibility index (Phi) is 6.54. The van der Waals surface area contributed by atoms with E-state index in [1.165, 1.54) is 18.3 Å². The van der Waals surface area contributed by atoms with Crippen LogP contribution in [0.5, 0.6) is 0 Å². The van der Waals surface area contributed by atoms with Crippen LogP contribution in [-0.4, -0.2) is 78.6 Å². The summed E-state index contributed by atoms with van der Waals surface area (Å²) in [5.74, 6) is -0.746. The van der Waals surface area contributed by atoms with E-state index in [0.717, 1.165) is 18.4 Å². The molecule has 0 unspecified atom stereocenters. The van der Waals surface area contributed by atoms with E-state index >= 15 is 0 Å². The lowest BCUT2D eigenvalue weighted by molar-refractivity contribution is 0.0622. The summed E-state index contributed by atoms with van der Waals surface area (Å²) in [6.07, 6.45) is 3.15. The van der Waals surface area contributed by atoms with Crippen molar-refractivity contribution in [3.63, 3.8) is 0 Å². The summed E-state index contributed by atoms with van der Waals surface area (Å²) in [6.45, 7) is 4.43. The fourth-order valence-corrected chi connectivity index (χ4v) is 5.56. The predicted molar refractivity (Wildman–Crippen MR) is 118 cm³/mol. The Hall–Kier alpha value is -2.82. The molecular formula is C22H27N5O4S. The first-order valence-corrected chi connectivity index (χ1v) is 12.2. The Bertz CT molecular complexity index is 1070. The number of nitrogens with two attached hydrogens (primary N) is 1. The third-order valence-electron chi connectivity index (χ3n) is 5.96. The Morgan fingerprint density at radius 3 is 2.12 bits per heavy atom. The van der Waals surface area contributed by atoms with Gasteiger partial charge >= 0.3 is 0 Å². The lowest BCUT2D eigenvalue weighted by Gasteiger charge is -2.34. The molecule has 2 aromatic rings. The van der Waals surface area contributed by atoms with Crippen LogP contribution in [0, 0.1) is 0 Å². The fourth-order valence-electron chi connectivity index (χ4n) is 4.04. The largest absolute Gasteiger partial charge is 0.366 e. The van der Waals surface area contributed by atoms with E-state index in [0.29, 0.717) is 56.4 Å². The van der Waals surface area contributed by atoms with Gasteiger partial charge in [0.05, 0.1) is 10.5 Å². The summed E-state index contributed by atoms with van der Waals surface area (Å²) in [5.41, 5.74) is 6.80. The third kappa shape index (κ3) is 4.82. The summed E-state index contributed by atoms with van der Waals surface area (Å²) < 4.78 is 26.9. The molecule has 0 atom stereocenters. The van der Waals surface area contributed by atoms with Crippen LogP contribution < -0.4 is 5.73 Å². The zero-order valence-corrected chi connectivity index (χ0v) is 18.6. The quantitative estimate of drug-likeness (QED) is 0.690.